The Morgan fingerprint density at radius 3 is 1.71 bits per heavy atom. The molecule has 2 nitrogen and oxygen atoms in total. The zero-order valence-electron chi connectivity index (χ0n) is 2.69. The van der Waals surface area contributed by atoms with Gasteiger partial charge in [-0.25, -0.2) is 4.79 Å². The van der Waals surface area contributed by atoms with Crippen LogP contribution in [0.4, 0.5) is 8.78 Å². The standard InChI is InChI=1S/C2H2F2O2.K.H/c3-1(4)2(5)6;;/h1H,(H,5,6);;. The SMILES string of the molecule is O=C(O)C(F)F.[KH]. The third-order valence-corrected chi connectivity index (χ3v) is 0.187. The third kappa shape index (κ3) is 6.97. The van der Waals surface area contributed by atoms with E-state index >= 15 is 0 Å². The normalized spacial score (nSPS) is 7.86. The summed E-state index contributed by atoms with van der Waals surface area (Å²) < 4.78 is 21.1. The summed E-state index contributed by atoms with van der Waals surface area (Å²) in [5.74, 6) is -2.07. The molecule has 0 saturated heterocycles. The molecule has 0 heterocycles. The predicted octanol–water partition coefficient (Wildman–Crippen LogP) is -0.312. The summed E-state index contributed by atoms with van der Waals surface area (Å²) in [4.78, 5) is 8.95. The van der Waals surface area contributed by atoms with Gasteiger partial charge in [-0.05, 0) is 0 Å². The first-order chi connectivity index (χ1) is 2.64. The molecule has 0 aromatic rings. The van der Waals surface area contributed by atoms with Crippen LogP contribution in [0.2, 0.25) is 0 Å². The second-order valence-corrected chi connectivity index (χ2v) is 0.639. The van der Waals surface area contributed by atoms with E-state index in [1.165, 1.54) is 0 Å². The van der Waals surface area contributed by atoms with Crippen LogP contribution in [0.25, 0.3) is 0 Å². The van der Waals surface area contributed by atoms with Crippen LogP contribution in [0.5, 0.6) is 0 Å². The molecule has 0 saturated carbocycles. The van der Waals surface area contributed by atoms with Crippen LogP contribution in [0.15, 0.2) is 0 Å². The summed E-state index contributed by atoms with van der Waals surface area (Å²) >= 11 is 0. The number of aliphatic carboxylic acids is 1. The van der Waals surface area contributed by atoms with Crippen LogP contribution in [0.3, 0.4) is 0 Å². The number of hydrogen-bond acceptors (Lipinski definition) is 1. The fourth-order valence-corrected chi connectivity index (χ4v) is 0. The monoisotopic (exact) mass is 136 g/mol. The molecule has 0 radical (unpaired) electrons. The molecule has 0 amide bonds. The van der Waals surface area contributed by atoms with Crippen LogP contribution in [-0.4, -0.2) is 68.9 Å². The fraction of sp³-hybridized carbons (Fsp3) is 0.500. The van der Waals surface area contributed by atoms with Crippen molar-refractivity contribution in [2.75, 3.05) is 0 Å². The summed E-state index contributed by atoms with van der Waals surface area (Å²) in [7, 11) is 0. The fourth-order valence-electron chi connectivity index (χ4n) is 0. The Balaban J connectivity index is 0. The molecular weight excluding hydrogens is 133 g/mol. The number of halogens is 2. The topological polar surface area (TPSA) is 37.3 Å². The summed E-state index contributed by atoms with van der Waals surface area (Å²) in [6.45, 7) is 0. The van der Waals surface area contributed by atoms with Crippen molar-refractivity contribution in [3.63, 3.8) is 0 Å². The van der Waals surface area contributed by atoms with E-state index in [1.807, 2.05) is 0 Å². The van der Waals surface area contributed by atoms with E-state index in [0.29, 0.717) is 0 Å². The van der Waals surface area contributed by atoms with Crippen molar-refractivity contribution >= 4 is 57.4 Å². The van der Waals surface area contributed by atoms with Crippen LogP contribution in [-0.2, 0) is 4.79 Å². The van der Waals surface area contributed by atoms with Crippen LogP contribution < -0.4 is 0 Å². The summed E-state index contributed by atoms with van der Waals surface area (Å²) in [5.41, 5.74) is 0. The summed E-state index contributed by atoms with van der Waals surface area (Å²) in [6.07, 6.45) is -3.23. The zero-order chi connectivity index (χ0) is 5.15. The van der Waals surface area contributed by atoms with Crippen molar-refractivity contribution in [2.24, 2.45) is 0 Å². The minimum absolute atomic E-state index is 0. The molecule has 0 rings (SSSR count). The zero-order valence-corrected chi connectivity index (χ0v) is 2.69. The number of hydrogen-bond donors (Lipinski definition) is 1. The number of alkyl halides is 2. The average molecular weight is 136 g/mol. The second-order valence-electron chi connectivity index (χ2n) is 0.639. The van der Waals surface area contributed by atoms with Gasteiger partial charge < -0.3 is 5.11 Å². The van der Waals surface area contributed by atoms with E-state index in [-0.39, 0.29) is 51.4 Å². The number of carboxylic acids is 1. The molecule has 0 spiro atoms. The first kappa shape index (κ1) is 10.9. The van der Waals surface area contributed by atoms with E-state index in [2.05, 4.69) is 0 Å². The van der Waals surface area contributed by atoms with Crippen molar-refractivity contribution < 1.29 is 18.7 Å². The Kier molecular flexibility index (Phi) is 7.93. The van der Waals surface area contributed by atoms with Gasteiger partial charge in [0.15, 0.2) is 0 Å². The molecule has 38 valence electrons. The van der Waals surface area contributed by atoms with Gasteiger partial charge in [-0.3, -0.25) is 0 Å². The van der Waals surface area contributed by atoms with Gasteiger partial charge in [-0.1, -0.05) is 0 Å². The molecule has 0 aliphatic carbocycles. The van der Waals surface area contributed by atoms with Crippen molar-refractivity contribution in [1.82, 2.24) is 0 Å². The van der Waals surface area contributed by atoms with Crippen molar-refractivity contribution in [3.8, 4) is 0 Å². The Morgan fingerprint density at radius 2 is 1.71 bits per heavy atom. The molecule has 0 aromatic heterocycles. The van der Waals surface area contributed by atoms with Crippen LogP contribution in [0.1, 0.15) is 0 Å². The number of carbonyl (C=O) groups is 1. The molecule has 0 aliphatic heterocycles. The molecule has 7 heavy (non-hydrogen) atoms. The number of rotatable bonds is 1. The third-order valence-electron chi connectivity index (χ3n) is 0.187. The van der Waals surface area contributed by atoms with Gasteiger partial charge in [0.1, 0.15) is 0 Å². The van der Waals surface area contributed by atoms with E-state index in [0.717, 1.165) is 0 Å². The Hall–Kier alpha value is 0.966. The Labute approximate surface area is 81.3 Å². The molecule has 1 N–H and O–H groups in total. The van der Waals surface area contributed by atoms with E-state index in [9.17, 15) is 8.78 Å². The molecule has 0 bridgehead atoms. The minimum atomic E-state index is -3.23. The molecule has 0 aliphatic rings. The van der Waals surface area contributed by atoms with Crippen molar-refractivity contribution in [2.45, 2.75) is 6.43 Å². The van der Waals surface area contributed by atoms with Crippen molar-refractivity contribution in [1.29, 1.82) is 0 Å². The summed E-state index contributed by atoms with van der Waals surface area (Å²) in [5, 5.41) is 7.24. The van der Waals surface area contributed by atoms with E-state index in [1.54, 1.807) is 0 Å². The first-order valence-electron chi connectivity index (χ1n) is 1.15. The molecular formula is C2H3F2KO2. The second kappa shape index (κ2) is 5.11. The molecule has 5 heteroatoms. The average Bonchev–Trinajstić information content (AvgIpc) is 1.36. The van der Waals surface area contributed by atoms with Gasteiger partial charge in [0, 0.05) is 0 Å². The maximum absolute atomic E-state index is 10.6. The number of carboxylic acid groups (broad SMARTS) is 1. The van der Waals surface area contributed by atoms with Gasteiger partial charge in [-0.2, -0.15) is 8.78 Å². The van der Waals surface area contributed by atoms with Gasteiger partial charge in [0.05, 0.1) is 0 Å². The molecule has 0 unspecified atom stereocenters. The van der Waals surface area contributed by atoms with Gasteiger partial charge in [0.25, 0.3) is 0 Å². The van der Waals surface area contributed by atoms with Crippen molar-refractivity contribution in [3.05, 3.63) is 0 Å². The van der Waals surface area contributed by atoms with E-state index < -0.39 is 12.4 Å². The molecule has 0 atom stereocenters. The first-order valence-corrected chi connectivity index (χ1v) is 1.15. The molecule has 0 fully saturated rings. The Bertz CT molecular complexity index is 64.7. The summed E-state index contributed by atoms with van der Waals surface area (Å²) in [6, 6.07) is 0. The maximum atomic E-state index is 10.6. The van der Waals surface area contributed by atoms with Gasteiger partial charge in [0.2, 0.25) is 0 Å². The van der Waals surface area contributed by atoms with Crippen LogP contribution in [0, 0.1) is 0 Å². The van der Waals surface area contributed by atoms with Gasteiger partial charge in [-0.15, -0.1) is 0 Å². The van der Waals surface area contributed by atoms with Crippen LogP contribution >= 0.6 is 0 Å². The van der Waals surface area contributed by atoms with E-state index in [4.69, 9.17) is 9.90 Å². The predicted molar refractivity (Wildman–Crippen MR) is 20.8 cm³/mol. The Morgan fingerprint density at radius 1 is 1.57 bits per heavy atom. The van der Waals surface area contributed by atoms with Gasteiger partial charge >= 0.3 is 63.8 Å². The quantitative estimate of drug-likeness (QED) is 0.502. The molecule has 0 aromatic carbocycles.